The number of hydrogen-bond acceptors (Lipinski definition) is 2. The van der Waals surface area contributed by atoms with E-state index in [2.05, 4.69) is 5.40 Å². The van der Waals surface area contributed by atoms with Crippen molar-refractivity contribution in [2.24, 2.45) is 0 Å². The average molecular weight is 150 g/mol. The fourth-order valence-electron chi connectivity index (χ4n) is 0.896. The highest BCUT2D eigenvalue weighted by Crippen LogP contribution is 2.01. The van der Waals surface area contributed by atoms with Crippen molar-refractivity contribution < 1.29 is 1.41 Å². The summed E-state index contributed by atoms with van der Waals surface area (Å²) in [4.78, 5) is 0.709. The lowest BCUT2D eigenvalue weighted by Crippen LogP contribution is -2.01. The summed E-state index contributed by atoms with van der Waals surface area (Å²) in [5.74, 6) is 0. The molecule has 0 unspecified atom stereocenters. The highest BCUT2D eigenvalue weighted by atomic mass is 32.1. The van der Waals surface area contributed by atoms with Crippen LogP contribution in [0.3, 0.4) is 0 Å². The zero-order valence-electron chi connectivity index (χ0n) is 6.19. The third kappa shape index (κ3) is 0.675. The maximum atomic E-state index is 6.86. The number of thiazole rings is 1. The lowest BCUT2D eigenvalue weighted by Gasteiger charge is -1.88. The van der Waals surface area contributed by atoms with Crippen LogP contribution in [0.15, 0.2) is 29.8 Å². The molecule has 0 radical (unpaired) electrons. The summed E-state index contributed by atoms with van der Waals surface area (Å²) in [6.45, 7) is 0. The van der Waals surface area contributed by atoms with E-state index in [0.717, 1.165) is 5.52 Å². The summed E-state index contributed by atoms with van der Waals surface area (Å²) in [5.41, 5.74) is 1.09. The van der Waals surface area contributed by atoms with E-state index in [1.165, 1.54) is 11.3 Å². The van der Waals surface area contributed by atoms with Crippen LogP contribution in [0.5, 0.6) is 0 Å². The molecule has 0 aliphatic rings. The Labute approximate surface area is 63.3 Å². The van der Waals surface area contributed by atoms with Crippen molar-refractivity contribution in [3.8, 4) is 0 Å². The largest absolute Gasteiger partial charge is 0.293 e. The summed E-state index contributed by atoms with van der Waals surface area (Å²) in [7, 11) is 0. The van der Waals surface area contributed by atoms with Crippen molar-refractivity contribution in [2.45, 2.75) is 0 Å². The van der Waals surface area contributed by atoms with Crippen LogP contribution < -0.4 is 4.80 Å². The van der Waals surface area contributed by atoms with Crippen LogP contribution in [0.25, 0.3) is 5.52 Å². The van der Waals surface area contributed by atoms with E-state index >= 15 is 0 Å². The van der Waals surface area contributed by atoms with E-state index in [0.29, 0.717) is 4.80 Å². The molecule has 2 rings (SSSR count). The molecule has 1 N–H and O–H groups in total. The van der Waals surface area contributed by atoms with Gasteiger partial charge in [0.05, 0.1) is 5.52 Å². The normalized spacial score (nSPS) is 14.0. The van der Waals surface area contributed by atoms with Gasteiger partial charge in [-0.3, -0.25) is 9.80 Å². The van der Waals surface area contributed by atoms with Crippen molar-refractivity contribution in [3.05, 3.63) is 34.6 Å². The number of nitrogens with zero attached hydrogens (tertiary/aromatic N) is 1. The summed E-state index contributed by atoms with van der Waals surface area (Å²) in [6.07, 6.45) is 1.90. The molecule has 0 fully saturated rings. The average Bonchev–Trinajstić information content (AvgIpc) is 2.47. The quantitative estimate of drug-likeness (QED) is 0.589. The van der Waals surface area contributed by atoms with E-state index in [1.54, 1.807) is 0 Å². The molecule has 0 aliphatic heterocycles. The molecule has 0 saturated heterocycles. The topological polar surface area (TPSA) is 28.3 Å². The standard InChI is InChI=1S/C7H6N2S/c8-7-9-4-2-1-3-6(9)5-10-7/h1-5,8H/b8-7-. The lowest BCUT2D eigenvalue weighted by atomic mass is 10.4. The number of fused-ring (bicyclic) bond motifs is 1. The molecule has 10 heavy (non-hydrogen) atoms. The Morgan fingerprint density at radius 2 is 2.60 bits per heavy atom. The Balaban J connectivity index is 2.98. The zero-order valence-corrected chi connectivity index (χ0v) is 6.01. The van der Waals surface area contributed by atoms with E-state index in [-0.39, 0.29) is 0 Å². The minimum absolute atomic E-state index is 0.709. The number of aromatic nitrogens is 1. The molecule has 2 nitrogen and oxygen atoms in total. The van der Waals surface area contributed by atoms with Crippen LogP contribution in [-0.4, -0.2) is 4.40 Å². The molecule has 2 aromatic rings. The maximum Gasteiger partial charge on any atom is 0.190 e. The molecule has 0 aliphatic carbocycles. The zero-order chi connectivity index (χ0) is 7.68. The Morgan fingerprint density at radius 3 is 3.50 bits per heavy atom. The molecule has 50 valence electrons. The van der Waals surface area contributed by atoms with Gasteiger partial charge in [-0.15, -0.1) is 11.3 Å². The van der Waals surface area contributed by atoms with Gasteiger partial charge in [0.25, 0.3) is 0 Å². The molecule has 2 aromatic heterocycles. The number of nitrogens with one attached hydrogen (secondary N) is 1. The summed E-state index contributed by atoms with van der Waals surface area (Å²) >= 11 is 1.47. The molecule has 0 amide bonds. The molecule has 0 bridgehead atoms. The van der Waals surface area contributed by atoms with Crippen LogP contribution in [0.2, 0.25) is 1.41 Å². The van der Waals surface area contributed by atoms with Gasteiger partial charge in [0.15, 0.2) is 6.21 Å². The van der Waals surface area contributed by atoms with Crippen molar-refractivity contribution in [3.63, 3.8) is 0 Å². The minimum Gasteiger partial charge on any atom is -0.293 e. The van der Waals surface area contributed by atoms with Gasteiger partial charge in [0.1, 0.15) is 0 Å². The Morgan fingerprint density at radius 1 is 1.60 bits per heavy atom. The summed E-state index contributed by atoms with van der Waals surface area (Å²) in [6, 6.07) is 5.88. The van der Waals surface area contributed by atoms with Crippen LogP contribution in [0.1, 0.15) is 0 Å². The molecular weight excluding hydrogens is 144 g/mol. The fourth-order valence-corrected chi connectivity index (χ4v) is 1.59. The van der Waals surface area contributed by atoms with Crippen LogP contribution in [0, 0.1) is 5.40 Å². The molecule has 0 saturated carbocycles. The van der Waals surface area contributed by atoms with Crippen molar-refractivity contribution in [2.75, 3.05) is 0 Å². The molecule has 0 atom stereocenters. The number of hydrogen-bond donors (Lipinski definition) is 1. The molecule has 3 heteroatoms. The van der Waals surface area contributed by atoms with Gasteiger partial charge in [0, 0.05) is 11.6 Å². The minimum atomic E-state index is 0.709. The SMILES string of the molecule is [H]/N=c1\scc2ccccn12. The Hall–Kier alpha value is -1.09. The lowest BCUT2D eigenvalue weighted by molar-refractivity contribution is 1.07. The fraction of sp³-hybridized carbons (Fsp3) is 0. The summed E-state index contributed by atoms with van der Waals surface area (Å²) in [5, 5.41) is 5.37. The van der Waals surface area contributed by atoms with E-state index in [1.807, 2.05) is 34.2 Å². The Bertz CT molecular complexity index is 429. The van der Waals surface area contributed by atoms with Gasteiger partial charge in [-0.05, 0) is 12.1 Å². The van der Waals surface area contributed by atoms with Gasteiger partial charge >= 0.3 is 0 Å². The van der Waals surface area contributed by atoms with Gasteiger partial charge in [-0.2, -0.15) is 0 Å². The van der Waals surface area contributed by atoms with Gasteiger partial charge in [-0.1, -0.05) is 6.07 Å². The molecule has 2 heterocycles. The van der Waals surface area contributed by atoms with Crippen molar-refractivity contribution in [1.82, 2.24) is 4.40 Å². The van der Waals surface area contributed by atoms with E-state index < -0.39 is 0 Å². The second kappa shape index (κ2) is 1.95. The first-order valence-electron chi connectivity index (χ1n) is 3.39. The first kappa shape index (κ1) is 4.68. The van der Waals surface area contributed by atoms with Crippen molar-refractivity contribution in [1.29, 1.82) is 5.40 Å². The number of rotatable bonds is 0. The second-order valence-electron chi connectivity index (χ2n) is 2.01. The smallest absolute Gasteiger partial charge is 0.190 e. The second-order valence-corrected chi connectivity index (χ2v) is 2.85. The Kier molecular flexibility index (Phi) is 0.914. The van der Waals surface area contributed by atoms with Crippen LogP contribution >= 0.6 is 11.3 Å². The monoisotopic (exact) mass is 150 g/mol. The summed E-state index contributed by atoms with van der Waals surface area (Å²) < 4.78 is 8.74. The molecule has 0 aromatic carbocycles. The van der Waals surface area contributed by atoms with E-state index in [4.69, 9.17) is 1.41 Å². The van der Waals surface area contributed by atoms with Crippen LogP contribution in [-0.2, 0) is 0 Å². The maximum absolute atomic E-state index is 6.86. The third-order valence-electron chi connectivity index (χ3n) is 1.38. The predicted molar refractivity (Wildman–Crippen MR) is 41.1 cm³/mol. The highest BCUT2D eigenvalue weighted by molar-refractivity contribution is 7.07. The highest BCUT2D eigenvalue weighted by Gasteiger charge is 1.90. The van der Waals surface area contributed by atoms with Crippen molar-refractivity contribution >= 4 is 16.9 Å². The first-order chi connectivity index (χ1) is 5.42. The molecule has 0 spiro atoms. The number of pyridine rings is 1. The van der Waals surface area contributed by atoms with Gasteiger partial charge < -0.3 is 0 Å². The predicted octanol–water partition coefficient (Wildman–Crippen LogP) is 1.48. The van der Waals surface area contributed by atoms with Gasteiger partial charge in [-0.25, -0.2) is 0 Å². The van der Waals surface area contributed by atoms with Gasteiger partial charge in [0.2, 0.25) is 0 Å². The molecular formula is C7H6N2S. The third-order valence-corrected chi connectivity index (χ3v) is 2.15. The first-order valence-corrected chi connectivity index (χ1v) is 3.83. The van der Waals surface area contributed by atoms with E-state index in [9.17, 15) is 0 Å². The van der Waals surface area contributed by atoms with Crippen LogP contribution in [0.4, 0.5) is 0 Å².